The van der Waals surface area contributed by atoms with Gasteiger partial charge in [-0.05, 0) is 6.92 Å². The number of carbonyl (C=O) groups excluding carboxylic acids is 1. The van der Waals surface area contributed by atoms with Crippen LogP contribution in [0.2, 0.25) is 0 Å². The van der Waals surface area contributed by atoms with Gasteiger partial charge in [-0.3, -0.25) is 4.79 Å². The molecule has 4 atom stereocenters. The standard InChI is InChI=1S/C9H17NO4/c1-5-4-7(12)8(10-6(2)11)9(13-3)14-5/h5,7-9,12H,4H2,1-3H3,(H,10,11). The van der Waals surface area contributed by atoms with E-state index in [1.54, 1.807) is 0 Å². The van der Waals surface area contributed by atoms with Gasteiger partial charge in [0.15, 0.2) is 6.29 Å². The van der Waals surface area contributed by atoms with E-state index in [1.165, 1.54) is 14.0 Å². The zero-order chi connectivity index (χ0) is 10.7. The summed E-state index contributed by atoms with van der Waals surface area (Å²) in [7, 11) is 1.49. The minimum Gasteiger partial charge on any atom is -0.391 e. The van der Waals surface area contributed by atoms with Gasteiger partial charge < -0.3 is 19.9 Å². The summed E-state index contributed by atoms with van der Waals surface area (Å²) in [5, 5.41) is 12.3. The number of aliphatic hydroxyl groups is 1. The van der Waals surface area contributed by atoms with Gasteiger partial charge in [-0.1, -0.05) is 0 Å². The van der Waals surface area contributed by atoms with Crippen LogP contribution in [0.3, 0.4) is 0 Å². The first-order chi connectivity index (χ1) is 6.54. The van der Waals surface area contributed by atoms with Crippen LogP contribution < -0.4 is 5.32 Å². The molecule has 82 valence electrons. The summed E-state index contributed by atoms with van der Waals surface area (Å²) in [4.78, 5) is 10.9. The monoisotopic (exact) mass is 203 g/mol. The van der Waals surface area contributed by atoms with Crippen LogP contribution in [0.1, 0.15) is 20.3 Å². The Balaban J connectivity index is 2.63. The summed E-state index contributed by atoms with van der Waals surface area (Å²) < 4.78 is 10.5. The van der Waals surface area contributed by atoms with Crippen LogP contribution in [-0.2, 0) is 14.3 Å². The van der Waals surface area contributed by atoms with E-state index in [0.717, 1.165) is 0 Å². The molecule has 0 aromatic carbocycles. The van der Waals surface area contributed by atoms with Crippen LogP contribution in [0.15, 0.2) is 0 Å². The molecule has 1 rings (SSSR count). The summed E-state index contributed by atoms with van der Waals surface area (Å²) in [6.07, 6.45) is -0.740. The Bertz CT molecular complexity index is 209. The van der Waals surface area contributed by atoms with Crippen molar-refractivity contribution in [3.63, 3.8) is 0 Å². The first-order valence-electron chi connectivity index (χ1n) is 4.68. The molecule has 0 saturated carbocycles. The number of rotatable bonds is 2. The number of ether oxygens (including phenoxy) is 2. The van der Waals surface area contributed by atoms with Crippen LogP contribution in [0, 0.1) is 0 Å². The number of carbonyl (C=O) groups is 1. The smallest absolute Gasteiger partial charge is 0.217 e. The van der Waals surface area contributed by atoms with Gasteiger partial charge in [0.05, 0.1) is 12.2 Å². The van der Waals surface area contributed by atoms with Crippen molar-refractivity contribution in [1.29, 1.82) is 0 Å². The Morgan fingerprint density at radius 3 is 2.79 bits per heavy atom. The molecule has 1 heterocycles. The molecule has 4 unspecified atom stereocenters. The fourth-order valence-electron chi connectivity index (χ4n) is 1.64. The van der Waals surface area contributed by atoms with Crippen molar-refractivity contribution >= 4 is 5.91 Å². The van der Waals surface area contributed by atoms with Gasteiger partial charge in [0.2, 0.25) is 5.91 Å². The highest BCUT2D eigenvalue weighted by molar-refractivity contribution is 5.73. The van der Waals surface area contributed by atoms with E-state index in [4.69, 9.17) is 9.47 Å². The molecule has 1 aliphatic heterocycles. The van der Waals surface area contributed by atoms with E-state index in [2.05, 4.69) is 5.32 Å². The molecule has 1 amide bonds. The van der Waals surface area contributed by atoms with E-state index in [-0.39, 0.29) is 12.0 Å². The number of hydrogen-bond acceptors (Lipinski definition) is 4. The Kier molecular flexibility index (Phi) is 3.86. The van der Waals surface area contributed by atoms with Crippen molar-refractivity contribution in [2.45, 2.75) is 44.8 Å². The summed E-state index contributed by atoms with van der Waals surface area (Å²) in [6.45, 7) is 3.26. The highest BCUT2D eigenvalue weighted by atomic mass is 16.7. The summed E-state index contributed by atoms with van der Waals surface area (Å²) in [5.41, 5.74) is 0. The highest BCUT2D eigenvalue weighted by Crippen LogP contribution is 2.20. The lowest BCUT2D eigenvalue weighted by Crippen LogP contribution is -2.56. The maximum atomic E-state index is 10.9. The van der Waals surface area contributed by atoms with Crippen molar-refractivity contribution in [2.75, 3.05) is 7.11 Å². The molecule has 0 bridgehead atoms. The predicted octanol–water partition coefficient (Wildman–Crippen LogP) is -0.367. The molecule has 1 saturated heterocycles. The number of methoxy groups -OCH3 is 1. The van der Waals surface area contributed by atoms with Crippen molar-refractivity contribution in [1.82, 2.24) is 5.32 Å². The average molecular weight is 203 g/mol. The Hall–Kier alpha value is -0.650. The van der Waals surface area contributed by atoms with Crippen LogP contribution >= 0.6 is 0 Å². The number of hydrogen-bond donors (Lipinski definition) is 2. The molecule has 14 heavy (non-hydrogen) atoms. The third-order valence-electron chi connectivity index (χ3n) is 2.25. The molecule has 0 aromatic heterocycles. The molecule has 5 heteroatoms. The normalized spacial score (nSPS) is 38.0. The van der Waals surface area contributed by atoms with Gasteiger partial charge in [-0.15, -0.1) is 0 Å². The van der Waals surface area contributed by atoms with Gasteiger partial charge in [0.25, 0.3) is 0 Å². The average Bonchev–Trinajstić information content (AvgIpc) is 2.08. The minimum atomic E-state index is -0.618. The van der Waals surface area contributed by atoms with Gasteiger partial charge in [0, 0.05) is 20.5 Å². The number of nitrogens with one attached hydrogen (secondary N) is 1. The molecule has 5 nitrogen and oxygen atoms in total. The Morgan fingerprint density at radius 1 is 1.64 bits per heavy atom. The first kappa shape index (κ1) is 11.4. The molecule has 1 aliphatic rings. The van der Waals surface area contributed by atoms with E-state index >= 15 is 0 Å². The quantitative estimate of drug-likeness (QED) is 0.642. The second kappa shape index (κ2) is 4.72. The third kappa shape index (κ3) is 2.67. The van der Waals surface area contributed by atoms with Crippen molar-refractivity contribution in [3.8, 4) is 0 Å². The SMILES string of the molecule is COC1OC(C)CC(O)C1NC(C)=O. The Morgan fingerprint density at radius 2 is 2.29 bits per heavy atom. The van der Waals surface area contributed by atoms with E-state index < -0.39 is 18.4 Å². The number of amides is 1. The zero-order valence-corrected chi connectivity index (χ0v) is 8.69. The summed E-state index contributed by atoms with van der Waals surface area (Å²) >= 11 is 0. The largest absolute Gasteiger partial charge is 0.391 e. The van der Waals surface area contributed by atoms with Crippen LogP contribution in [-0.4, -0.2) is 42.7 Å². The maximum absolute atomic E-state index is 10.9. The summed E-state index contributed by atoms with van der Waals surface area (Å²) in [6, 6.07) is -0.478. The fourth-order valence-corrected chi connectivity index (χ4v) is 1.64. The van der Waals surface area contributed by atoms with E-state index in [9.17, 15) is 9.90 Å². The van der Waals surface area contributed by atoms with Crippen molar-refractivity contribution in [2.24, 2.45) is 0 Å². The zero-order valence-electron chi connectivity index (χ0n) is 8.69. The van der Waals surface area contributed by atoms with Crippen LogP contribution in [0.5, 0.6) is 0 Å². The third-order valence-corrected chi connectivity index (χ3v) is 2.25. The predicted molar refractivity (Wildman–Crippen MR) is 49.6 cm³/mol. The molecular formula is C9H17NO4. The topological polar surface area (TPSA) is 67.8 Å². The first-order valence-corrected chi connectivity index (χ1v) is 4.68. The van der Waals surface area contributed by atoms with Gasteiger partial charge >= 0.3 is 0 Å². The lowest BCUT2D eigenvalue weighted by Gasteiger charge is -2.37. The molecule has 0 aliphatic carbocycles. The van der Waals surface area contributed by atoms with Crippen molar-refractivity contribution in [3.05, 3.63) is 0 Å². The molecule has 0 spiro atoms. The number of aliphatic hydroxyl groups excluding tert-OH is 1. The minimum absolute atomic E-state index is 0.0556. The highest BCUT2D eigenvalue weighted by Gasteiger charge is 2.36. The summed E-state index contributed by atoms with van der Waals surface area (Å²) in [5.74, 6) is -0.200. The Labute approximate surface area is 83.4 Å². The lowest BCUT2D eigenvalue weighted by atomic mass is 10.0. The molecule has 1 fully saturated rings. The fraction of sp³-hybridized carbons (Fsp3) is 0.889. The maximum Gasteiger partial charge on any atom is 0.217 e. The van der Waals surface area contributed by atoms with E-state index in [0.29, 0.717) is 6.42 Å². The van der Waals surface area contributed by atoms with Gasteiger partial charge in [-0.2, -0.15) is 0 Å². The van der Waals surface area contributed by atoms with Crippen molar-refractivity contribution < 1.29 is 19.4 Å². The molecule has 0 radical (unpaired) electrons. The van der Waals surface area contributed by atoms with Gasteiger partial charge in [0.1, 0.15) is 6.04 Å². The molecule has 0 aromatic rings. The van der Waals surface area contributed by atoms with Gasteiger partial charge in [-0.25, -0.2) is 0 Å². The second-order valence-corrected chi connectivity index (χ2v) is 3.58. The van der Waals surface area contributed by atoms with E-state index in [1.807, 2.05) is 6.92 Å². The second-order valence-electron chi connectivity index (χ2n) is 3.58. The molecule has 2 N–H and O–H groups in total. The van der Waals surface area contributed by atoms with Crippen LogP contribution in [0.4, 0.5) is 0 Å². The molecular weight excluding hydrogens is 186 g/mol. The van der Waals surface area contributed by atoms with Crippen LogP contribution in [0.25, 0.3) is 0 Å². The lowest BCUT2D eigenvalue weighted by molar-refractivity contribution is -0.216.